The van der Waals surface area contributed by atoms with Crippen molar-refractivity contribution in [1.82, 2.24) is 5.32 Å². The highest BCUT2D eigenvalue weighted by Crippen LogP contribution is 2.52. The summed E-state index contributed by atoms with van der Waals surface area (Å²) < 4.78 is 12.8. The van der Waals surface area contributed by atoms with Gasteiger partial charge in [0.05, 0.1) is 11.7 Å². The van der Waals surface area contributed by atoms with E-state index in [2.05, 4.69) is 33.0 Å². The third kappa shape index (κ3) is 3.13. The number of carbonyl (C=O) groups is 1. The number of hydrogen-bond acceptors (Lipinski definition) is 5. The normalized spacial score (nSPS) is 47.2. The Labute approximate surface area is 169 Å². The van der Waals surface area contributed by atoms with Gasteiger partial charge in [0, 0.05) is 0 Å². The van der Waals surface area contributed by atoms with Gasteiger partial charge >= 0.3 is 13.1 Å². The molecule has 4 N–H and O–H groups in total. The molecule has 0 bridgehead atoms. The second-order valence-corrected chi connectivity index (χ2v) is 10.8. The lowest BCUT2D eigenvalue weighted by Gasteiger charge is -2.49. The van der Waals surface area contributed by atoms with Crippen LogP contribution in [-0.4, -0.2) is 48.5 Å². The first-order valence-corrected chi connectivity index (χ1v) is 11.1. The summed E-state index contributed by atoms with van der Waals surface area (Å²) in [6.45, 7) is 11.0. The van der Waals surface area contributed by atoms with Gasteiger partial charge in [0.1, 0.15) is 5.54 Å². The van der Waals surface area contributed by atoms with Gasteiger partial charge in [-0.3, -0.25) is 4.79 Å². The smallest absolute Gasteiger partial charge is 0.457 e. The predicted molar refractivity (Wildman–Crippen MR) is 109 cm³/mol. The minimum atomic E-state index is -1.08. The molecule has 0 amide bonds. The lowest BCUT2D eigenvalue weighted by molar-refractivity contribution is -0.145. The third-order valence-electron chi connectivity index (χ3n) is 8.95. The molecule has 2 heterocycles. The molecular formula is C21H37BN2O4. The van der Waals surface area contributed by atoms with Gasteiger partial charge in [-0.25, -0.2) is 0 Å². The zero-order valence-electron chi connectivity index (χ0n) is 17.9. The average Bonchev–Trinajstić information content (AvgIpc) is 3.26. The zero-order valence-corrected chi connectivity index (χ0v) is 17.9. The maximum Gasteiger partial charge on any atom is 0.457 e. The molecule has 0 unspecified atom stereocenters. The summed E-state index contributed by atoms with van der Waals surface area (Å²) in [5, 5.41) is 13.2. The first-order valence-electron chi connectivity index (χ1n) is 11.1. The van der Waals surface area contributed by atoms with E-state index in [1.807, 2.05) is 0 Å². The van der Waals surface area contributed by atoms with E-state index in [0.717, 1.165) is 45.1 Å². The average molecular weight is 392 g/mol. The van der Waals surface area contributed by atoms with Crippen LogP contribution in [0.5, 0.6) is 0 Å². The van der Waals surface area contributed by atoms with Gasteiger partial charge < -0.3 is 25.5 Å². The van der Waals surface area contributed by atoms with Crippen LogP contribution < -0.4 is 11.1 Å². The second kappa shape index (κ2) is 6.97. The van der Waals surface area contributed by atoms with Crippen LogP contribution in [0.15, 0.2) is 0 Å². The Hall–Kier alpha value is -0.625. The molecule has 0 spiro atoms. The fourth-order valence-electron chi connectivity index (χ4n) is 6.70. The molecule has 4 fully saturated rings. The van der Waals surface area contributed by atoms with E-state index in [9.17, 15) is 9.90 Å². The van der Waals surface area contributed by atoms with E-state index < -0.39 is 11.5 Å². The fourth-order valence-corrected chi connectivity index (χ4v) is 6.70. The number of carboxylic acid groups (broad SMARTS) is 1. The number of aliphatic carboxylic acids is 1. The molecule has 0 aromatic rings. The molecule has 0 radical (unpaired) electrons. The topological polar surface area (TPSA) is 93.8 Å². The van der Waals surface area contributed by atoms with Crippen LogP contribution in [0.25, 0.3) is 0 Å². The Morgan fingerprint density at radius 1 is 1.32 bits per heavy atom. The van der Waals surface area contributed by atoms with Crippen molar-refractivity contribution in [3.8, 4) is 0 Å². The first kappa shape index (κ1) is 20.6. The molecule has 7 heteroatoms. The molecule has 158 valence electrons. The molecule has 0 aromatic carbocycles. The van der Waals surface area contributed by atoms with Crippen molar-refractivity contribution in [2.24, 2.45) is 34.8 Å². The zero-order chi connectivity index (χ0) is 20.3. The summed E-state index contributed by atoms with van der Waals surface area (Å²) >= 11 is 0. The molecule has 28 heavy (non-hydrogen) atoms. The Kier molecular flexibility index (Phi) is 5.13. The maximum absolute atomic E-state index is 11.9. The molecule has 7 atom stereocenters. The van der Waals surface area contributed by atoms with Gasteiger partial charge in [-0.2, -0.15) is 0 Å². The molecule has 2 saturated heterocycles. The molecule has 2 aliphatic carbocycles. The largest absolute Gasteiger partial charge is 0.480 e. The van der Waals surface area contributed by atoms with Crippen LogP contribution in [0, 0.1) is 29.1 Å². The number of fused-ring (bicyclic) bond motifs is 2. The van der Waals surface area contributed by atoms with Gasteiger partial charge in [-0.05, 0) is 81.1 Å². The van der Waals surface area contributed by atoms with Crippen molar-refractivity contribution in [2.75, 3.05) is 13.1 Å². The molecule has 2 aliphatic heterocycles. The summed E-state index contributed by atoms with van der Waals surface area (Å²) in [5.74, 6) is 0.409. The lowest BCUT2D eigenvalue weighted by atomic mass is 9.61. The number of rotatable bonds is 5. The lowest BCUT2D eigenvalue weighted by Crippen LogP contribution is -2.53. The monoisotopic (exact) mass is 392 g/mol. The van der Waals surface area contributed by atoms with Crippen molar-refractivity contribution < 1.29 is 19.2 Å². The molecule has 0 aromatic heterocycles. The minimum Gasteiger partial charge on any atom is -0.480 e. The summed E-state index contributed by atoms with van der Waals surface area (Å²) in [5.41, 5.74) is 5.37. The summed E-state index contributed by atoms with van der Waals surface area (Å²) in [6, 6.07) is 0. The third-order valence-corrected chi connectivity index (χ3v) is 8.95. The fraction of sp³-hybridized carbons (Fsp3) is 0.952. The van der Waals surface area contributed by atoms with Gasteiger partial charge in [-0.15, -0.1) is 0 Å². The van der Waals surface area contributed by atoms with Crippen molar-refractivity contribution in [3.63, 3.8) is 0 Å². The maximum atomic E-state index is 11.9. The molecule has 4 rings (SSSR count). The Balaban J connectivity index is 1.36. The summed E-state index contributed by atoms with van der Waals surface area (Å²) in [4.78, 5) is 11.9. The van der Waals surface area contributed by atoms with E-state index in [4.69, 9.17) is 15.0 Å². The highest BCUT2D eigenvalue weighted by atomic mass is 16.7. The van der Waals surface area contributed by atoms with E-state index in [0.29, 0.717) is 24.2 Å². The van der Waals surface area contributed by atoms with Crippen molar-refractivity contribution in [1.29, 1.82) is 0 Å². The molecule has 2 saturated carbocycles. The summed E-state index contributed by atoms with van der Waals surface area (Å²) in [6.07, 6.45) is 5.51. The van der Waals surface area contributed by atoms with Gasteiger partial charge in [-0.1, -0.05) is 27.2 Å². The van der Waals surface area contributed by atoms with Crippen LogP contribution in [0.1, 0.15) is 59.8 Å². The SMILES string of the molecule is C[C@@H]1C(C)(C)CC[C@@H]2OB(CCC[C@H]3[C@@H]4CNC[C@@H]4C[C@@]3(N)C(=O)O)O[C@@]21C. The molecule has 4 aliphatic rings. The first-order chi connectivity index (χ1) is 13.1. The minimum absolute atomic E-state index is 0.0297. The van der Waals surface area contributed by atoms with E-state index >= 15 is 0 Å². The van der Waals surface area contributed by atoms with E-state index in [1.54, 1.807) is 0 Å². The Morgan fingerprint density at radius 2 is 2.07 bits per heavy atom. The number of nitrogens with one attached hydrogen (secondary N) is 1. The second-order valence-electron chi connectivity index (χ2n) is 10.8. The van der Waals surface area contributed by atoms with Crippen molar-refractivity contribution in [3.05, 3.63) is 0 Å². The quantitative estimate of drug-likeness (QED) is 0.623. The van der Waals surface area contributed by atoms with Gasteiger partial charge in [0.15, 0.2) is 0 Å². The Morgan fingerprint density at radius 3 is 2.79 bits per heavy atom. The molecular weight excluding hydrogens is 355 g/mol. The van der Waals surface area contributed by atoms with Gasteiger partial charge in [0.25, 0.3) is 0 Å². The Bertz CT molecular complexity index is 632. The van der Waals surface area contributed by atoms with Crippen LogP contribution in [0.3, 0.4) is 0 Å². The van der Waals surface area contributed by atoms with Gasteiger partial charge in [0.2, 0.25) is 0 Å². The molecule has 6 nitrogen and oxygen atoms in total. The predicted octanol–water partition coefficient (Wildman–Crippen LogP) is 2.52. The highest BCUT2D eigenvalue weighted by molar-refractivity contribution is 6.45. The number of carboxylic acids is 1. The number of hydrogen-bond donors (Lipinski definition) is 3. The van der Waals surface area contributed by atoms with Crippen molar-refractivity contribution in [2.45, 2.75) is 83.4 Å². The van der Waals surface area contributed by atoms with E-state index in [1.165, 1.54) is 0 Å². The van der Waals surface area contributed by atoms with Crippen LogP contribution in [-0.2, 0) is 14.1 Å². The summed E-state index contributed by atoms with van der Waals surface area (Å²) in [7, 11) is -0.178. The van der Waals surface area contributed by atoms with Crippen LogP contribution in [0.4, 0.5) is 0 Å². The van der Waals surface area contributed by atoms with Crippen molar-refractivity contribution >= 4 is 13.1 Å². The standard InChI is InChI=1S/C21H37BN2O4/c1-13-19(2,3)8-7-17-20(13,4)28-22(27-17)9-5-6-16-15-12-24-11-14(15)10-21(16,23)18(25)26/h13-17,24H,5-12,23H2,1-4H3,(H,25,26)/t13-,14+,15-,16+,17+,20-,21+/m1/s1. The van der Waals surface area contributed by atoms with Crippen LogP contribution >= 0.6 is 0 Å². The van der Waals surface area contributed by atoms with Crippen LogP contribution in [0.2, 0.25) is 6.32 Å². The van der Waals surface area contributed by atoms with E-state index in [-0.39, 0.29) is 30.2 Å². The highest BCUT2D eigenvalue weighted by Gasteiger charge is 2.58. The number of nitrogens with two attached hydrogens (primary N) is 1.